The molecule has 0 saturated heterocycles. The number of esters is 1. The molecule has 0 aliphatic carbocycles. The Morgan fingerprint density at radius 2 is 1.74 bits per heavy atom. The standard InChI is InChI=1S/C22H28INO3/c1-15(16-10-12-17(26-5)13-11-16)24-20(14-21(25)27-22(2,3)4)18-8-6-7-9-19(18)23/h6-13,15,20,24H,14H2,1-5H3/t15-,20+/m0/s1. The van der Waals surface area contributed by atoms with Crippen LogP contribution in [0, 0.1) is 3.57 Å². The van der Waals surface area contributed by atoms with Gasteiger partial charge in [0.15, 0.2) is 0 Å². The molecular weight excluding hydrogens is 453 g/mol. The Bertz CT molecular complexity index is 753. The third-order valence-electron chi connectivity index (χ3n) is 4.14. The summed E-state index contributed by atoms with van der Waals surface area (Å²) >= 11 is 2.31. The van der Waals surface area contributed by atoms with E-state index in [1.165, 1.54) is 0 Å². The van der Waals surface area contributed by atoms with Gasteiger partial charge in [0, 0.05) is 15.7 Å². The van der Waals surface area contributed by atoms with E-state index in [-0.39, 0.29) is 24.5 Å². The van der Waals surface area contributed by atoms with Gasteiger partial charge in [-0.3, -0.25) is 4.79 Å². The van der Waals surface area contributed by atoms with Gasteiger partial charge in [0.25, 0.3) is 0 Å². The Morgan fingerprint density at radius 3 is 2.30 bits per heavy atom. The van der Waals surface area contributed by atoms with E-state index in [1.54, 1.807) is 7.11 Å². The van der Waals surface area contributed by atoms with E-state index in [1.807, 2.05) is 57.2 Å². The molecule has 0 saturated carbocycles. The predicted molar refractivity (Wildman–Crippen MR) is 117 cm³/mol. The van der Waals surface area contributed by atoms with Crippen LogP contribution in [0.4, 0.5) is 0 Å². The lowest BCUT2D eigenvalue weighted by Gasteiger charge is -2.26. The summed E-state index contributed by atoms with van der Waals surface area (Å²) in [6.07, 6.45) is 0.276. The molecular formula is C22H28INO3. The molecule has 0 amide bonds. The number of benzene rings is 2. The van der Waals surface area contributed by atoms with Crippen LogP contribution in [0.3, 0.4) is 0 Å². The number of carbonyl (C=O) groups excluding carboxylic acids is 1. The Hall–Kier alpha value is -1.60. The fourth-order valence-corrected chi connectivity index (χ4v) is 3.62. The highest BCUT2D eigenvalue weighted by Gasteiger charge is 2.24. The second-order valence-corrected chi connectivity index (χ2v) is 8.69. The van der Waals surface area contributed by atoms with Crippen molar-refractivity contribution in [2.24, 2.45) is 0 Å². The second-order valence-electron chi connectivity index (χ2n) is 7.53. The third-order valence-corrected chi connectivity index (χ3v) is 5.12. The van der Waals surface area contributed by atoms with Gasteiger partial charge in [-0.1, -0.05) is 30.3 Å². The number of carbonyl (C=O) groups is 1. The summed E-state index contributed by atoms with van der Waals surface area (Å²) in [4.78, 5) is 12.5. The predicted octanol–water partition coefficient (Wildman–Crippen LogP) is 5.42. The highest BCUT2D eigenvalue weighted by atomic mass is 127. The fraction of sp³-hybridized carbons (Fsp3) is 0.409. The van der Waals surface area contributed by atoms with Crippen molar-refractivity contribution in [3.8, 4) is 5.75 Å². The van der Waals surface area contributed by atoms with Crippen LogP contribution in [0.25, 0.3) is 0 Å². The van der Waals surface area contributed by atoms with Gasteiger partial charge in [0.2, 0.25) is 0 Å². The first-order chi connectivity index (χ1) is 12.7. The maximum atomic E-state index is 12.5. The van der Waals surface area contributed by atoms with Crippen LogP contribution < -0.4 is 10.1 Å². The number of rotatable bonds is 7. The monoisotopic (exact) mass is 481 g/mol. The lowest BCUT2D eigenvalue weighted by Crippen LogP contribution is -2.31. The first-order valence-corrected chi connectivity index (χ1v) is 10.1. The van der Waals surface area contributed by atoms with Crippen LogP contribution >= 0.6 is 22.6 Å². The number of ether oxygens (including phenoxy) is 2. The van der Waals surface area contributed by atoms with E-state index in [9.17, 15) is 4.79 Å². The van der Waals surface area contributed by atoms with Crippen LogP contribution in [0.1, 0.15) is 57.3 Å². The summed E-state index contributed by atoms with van der Waals surface area (Å²) in [6, 6.07) is 16.0. The third kappa shape index (κ3) is 6.81. The smallest absolute Gasteiger partial charge is 0.308 e. The molecule has 0 heterocycles. The fourth-order valence-electron chi connectivity index (χ4n) is 2.86. The molecule has 0 unspecified atom stereocenters. The topological polar surface area (TPSA) is 47.6 Å². The van der Waals surface area contributed by atoms with E-state index in [4.69, 9.17) is 9.47 Å². The van der Waals surface area contributed by atoms with Crippen LogP contribution in [-0.4, -0.2) is 18.7 Å². The molecule has 0 aliphatic heterocycles. The average Bonchev–Trinajstić information content (AvgIpc) is 2.60. The number of halogens is 1. The minimum Gasteiger partial charge on any atom is -0.497 e. The molecule has 5 heteroatoms. The van der Waals surface area contributed by atoms with Gasteiger partial charge in [-0.05, 0) is 79.6 Å². The lowest BCUT2D eigenvalue weighted by molar-refractivity contribution is -0.155. The highest BCUT2D eigenvalue weighted by Crippen LogP contribution is 2.28. The van der Waals surface area contributed by atoms with Gasteiger partial charge in [0.1, 0.15) is 11.4 Å². The maximum absolute atomic E-state index is 12.5. The molecule has 1 N–H and O–H groups in total. The minimum atomic E-state index is -0.493. The summed E-state index contributed by atoms with van der Waals surface area (Å²) in [5.41, 5.74) is 1.74. The largest absolute Gasteiger partial charge is 0.497 e. The molecule has 0 fully saturated rings. The molecule has 27 heavy (non-hydrogen) atoms. The zero-order valence-electron chi connectivity index (χ0n) is 16.6. The van der Waals surface area contributed by atoms with Crippen molar-refractivity contribution in [3.05, 3.63) is 63.2 Å². The number of nitrogens with one attached hydrogen (secondary N) is 1. The van der Waals surface area contributed by atoms with Gasteiger partial charge in [0.05, 0.1) is 13.5 Å². The van der Waals surface area contributed by atoms with Gasteiger partial charge >= 0.3 is 5.97 Å². The second kappa shape index (κ2) is 9.55. The Balaban J connectivity index is 2.20. The summed E-state index contributed by atoms with van der Waals surface area (Å²) in [5.74, 6) is 0.621. The quantitative estimate of drug-likeness (QED) is 0.424. The van der Waals surface area contributed by atoms with Crippen molar-refractivity contribution in [1.82, 2.24) is 5.32 Å². The van der Waals surface area contributed by atoms with Crippen LogP contribution in [0.2, 0.25) is 0 Å². The normalized spacial score (nSPS) is 13.7. The minimum absolute atomic E-state index is 0.0688. The van der Waals surface area contributed by atoms with Crippen molar-refractivity contribution in [2.45, 2.75) is 51.8 Å². The molecule has 0 aliphatic rings. The van der Waals surface area contributed by atoms with Gasteiger partial charge in [-0.25, -0.2) is 0 Å². The van der Waals surface area contributed by atoms with E-state index in [0.29, 0.717) is 0 Å². The summed E-state index contributed by atoms with van der Waals surface area (Å²) in [5, 5.41) is 3.60. The van der Waals surface area contributed by atoms with Crippen molar-refractivity contribution >= 4 is 28.6 Å². The Morgan fingerprint density at radius 1 is 1.11 bits per heavy atom. The molecule has 146 valence electrons. The van der Waals surface area contributed by atoms with Gasteiger partial charge < -0.3 is 14.8 Å². The van der Waals surface area contributed by atoms with E-state index < -0.39 is 5.60 Å². The number of hydrogen-bond acceptors (Lipinski definition) is 4. The van der Waals surface area contributed by atoms with E-state index in [0.717, 1.165) is 20.4 Å². The van der Waals surface area contributed by atoms with Crippen molar-refractivity contribution < 1.29 is 14.3 Å². The maximum Gasteiger partial charge on any atom is 0.308 e. The first kappa shape index (κ1) is 21.7. The van der Waals surface area contributed by atoms with Crippen molar-refractivity contribution in [3.63, 3.8) is 0 Å². The molecule has 0 bridgehead atoms. The first-order valence-electron chi connectivity index (χ1n) is 9.06. The van der Waals surface area contributed by atoms with Crippen LogP contribution in [0.15, 0.2) is 48.5 Å². The molecule has 2 aromatic carbocycles. The Kier molecular flexibility index (Phi) is 7.68. The molecule has 0 radical (unpaired) electrons. The molecule has 2 rings (SSSR count). The number of hydrogen-bond donors (Lipinski definition) is 1. The van der Waals surface area contributed by atoms with Crippen LogP contribution in [-0.2, 0) is 9.53 Å². The molecule has 2 aromatic rings. The summed E-state index contributed by atoms with van der Waals surface area (Å²) in [6.45, 7) is 7.76. The summed E-state index contributed by atoms with van der Waals surface area (Å²) < 4.78 is 11.9. The zero-order valence-corrected chi connectivity index (χ0v) is 18.7. The highest BCUT2D eigenvalue weighted by molar-refractivity contribution is 14.1. The Labute approximate surface area is 175 Å². The number of methoxy groups -OCH3 is 1. The molecule has 0 spiro atoms. The SMILES string of the molecule is COc1ccc([C@H](C)N[C@H](CC(=O)OC(C)(C)C)c2ccccc2I)cc1. The molecule has 2 atom stereocenters. The van der Waals surface area contributed by atoms with E-state index >= 15 is 0 Å². The summed E-state index contributed by atoms with van der Waals surface area (Å²) in [7, 11) is 1.66. The van der Waals surface area contributed by atoms with Crippen LogP contribution in [0.5, 0.6) is 5.75 Å². The zero-order chi connectivity index (χ0) is 20.0. The van der Waals surface area contributed by atoms with Gasteiger partial charge in [-0.15, -0.1) is 0 Å². The van der Waals surface area contributed by atoms with Crippen molar-refractivity contribution in [2.75, 3.05) is 7.11 Å². The van der Waals surface area contributed by atoms with E-state index in [2.05, 4.69) is 47.0 Å². The van der Waals surface area contributed by atoms with Crippen molar-refractivity contribution in [1.29, 1.82) is 0 Å². The molecule has 4 nitrogen and oxygen atoms in total. The lowest BCUT2D eigenvalue weighted by atomic mass is 10.0. The molecule has 0 aromatic heterocycles. The van der Waals surface area contributed by atoms with Gasteiger partial charge in [-0.2, -0.15) is 0 Å². The average molecular weight is 481 g/mol.